The fraction of sp³-hybridized carbons (Fsp3) is 0.100. The Kier molecular flexibility index (Phi) is 2.72. The Balaban J connectivity index is 2.28. The fourth-order valence-electron chi connectivity index (χ4n) is 1.06. The molecule has 0 aromatic carbocycles. The summed E-state index contributed by atoms with van der Waals surface area (Å²) in [5.41, 5.74) is 6.07. The van der Waals surface area contributed by atoms with Gasteiger partial charge >= 0.3 is 0 Å². The Morgan fingerprint density at radius 1 is 1.33 bits per heavy atom. The normalized spacial score (nSPS) is 9.40. The summed E-state index contributed by atoms with van der Waals surface area (Å²) in [5, 5.41) is 4.09. The van der Waals surface area contributed by atoms with Crippen molar-refractivity contribution in [3.05, 3.63) is 36.4 Å². The molecule has 74 valence electrons. The first kappa shape index (κ1) is 9.37. The van der Waals surface area contributed by atoms with Crippen LogP contribution in [0.15, 0.2) is 30.9 Å². The van der Waals surface area contributed by atoms with Crippen LogP contribution in [0.2, 0.25) is 0 Å². The highest BCUT2D eigenvalue weighted by atomic mass is 15.3. The summed E-state index contributed by atoms with van der Waals surface area (Å²) in [4.78, 5) is 8.12. The van der Waals surface area contributed by atoms with E-state index in [0.29, 0.717) is 12.5 Å². The molecule has 5 heteroatoms. The molecule has 0 atom stereocenters. The van der Waals surface area contributed by atoms with Crippen LogP contribution in [0.25, 0.3) is 5.95 Å². The van der Waals surface area contributed by atoms with Gasteiger partial charge in [0.2, 0.25) is 5.95 Å². The lowest BCUT2D eigenvalue weighted by Crippen LogP contribution is -1.99. The highest BCUT2D eigenvalue weighted by Crippen LogP contribution is 2.00. The topological polar surface area (TPSA) is 69.6 Å². The Labute approximate surface area is 87.0 Å². The molecule has 0 radical (unpaired) electrons. The summed E-state index contributed by atoms with van der Waals surface area (Å²) in [6.45, 7) is 0.340. The van der Waals surface area contributed by atoms with Crippen molar-refractivity contribution < 1.29 is 0 Å². The van der Waals surface area contributed by atoms with E-state index in [1.54, 1.807) is 35.5 Å². The van der Waals surface area contributed by atoms with Crippen molar-refractivity contribution >= 4 is 0 Å². The molecular formula is C10H9N5. The molecule has 0 aliphatic heterocycles. The average Bonchev–Trinajstić information content (AvgIpc) is 2.76. The van der Waals surface area contributed by atoms with Crippen LogP contribution in [0.4, 0.5) is 0 Å². The number of nitrogens with two attached hydrogens (primary N) is 1. The average molecular weight is 199 g/mol. The summed E-state index contributed by atoms with van der Waals surface area (Å²) in [7, 11) is 0. The van der Waals surface area contributed by atoms with Gasteiger partial charge in [0.15, 0.2) is 0 Å². The first-order valence-corrected chi connectivity index (χ1v) is 4.41. The van der Waals surface area contributed by atoms with Gasteiger partial charge in [-0.15, -0.1) is 0 Å². The van der Waals surface area contributed by atoms with Crippen LogP contribution in [0, 0.1) is 11.8 Å². The van der Waals surface area contributed by atoms with E-state index in [-0.39, 0.29) is 0 Å². The second-order valence-corrected chi connectivity index (χ2v) is 2.73. The van der Waals surface area contributed by atoms with Gasteiger partial charge in [0, 0.05) is 18.6 Å². The zero-order valence-electron chi connectivity index (χ0n) is 7.96. The van der Waals surface area contributed by atoms with Gasteiger partial charge in [0.05, 0.1) is 18.3 Å². The number of hydrogen-bond donors (Lipinski definition) is 1. The Morgan fingerprint density at radius 3 is 2.87 bits per heavy atom. The van der Waals surface area contributed by atoms with E-state index >= 15 is 0 Å². The molecule has 0 amide bonds. The third-order valence-corrected chi connectivity index (χ3v) is 1.67. The number of nitrogens with zero attached hydrogens (tertiary/aromatic N) is 4. The molecule has 0 saturated heterocycles. The largest absolute Gasteiger partial charge is 0.320 e. The molecule has 0 bridgehead atoms. The molecule has 5 nitrogen and oxygen atoms in total. The molecular weight excluding hydrogens is 190 g/mol. The summed E-state index contributed by atoms with van der Waals surface area (Å²) in [6, 6.07) is 1.75. The van der Waals surface area contributed by atoms with E-state index in [1.807, 2.05) is 0 Å². The quantitative estimate of drug-likeness (QED) is 0.655. The van der Waals surface area contributed by atoms with Gasteiger partial charge in [-0.1, -0.05) is 11.8 Å². The van der Waals surface area contributed by atoms with Crippen LogP contribution < -0.4 is 5.73 Å². The lowest BCUT2D eigenvalue weighted by Gasteiger charge is -1.95. The van der Waals surface area contributed by atoms with Gasteiger partial charge < -0.3 is 5.73 Å². The highest BCUT2D eigenvalue weighted by Gasteiger charge is 1.99. The second-order valence-electron chi connectivity index (χ2n) is 2.73. The smallest absolute Gasteiger partial charge is 0.250 e. The molecule has 0 aliphatic rings. The van der Waals surface area contributed by atoms with Gasteiger partial charge in [0.1, 0.15) is 0 Å². The molecule has 2 heterocycles. The third-order valence-electron chi connectivity index (χ3n) is 1.67. The van der Waals surface area contributed by atoms with Crippen LogP contribution >= 0.6 is 0 Å². The number of hydrogen-bond acceptors (Lipinski definition) is 4. The SMILES string of the molecule is NCC#Cc1cnn(-c2ncccn2)c1. The minimum absolute atomic E-state index is 0.340. The van der Waals surface area contributed by atoms with Gasteiger partial charge in [-0.05, 0) is 6.07 Å². The molecule has 2 rings (SSSR count). The van der Waals surface area contributed by atoms with Gasteiger partial charge in [-0.3, -0.25) is 0 Å². The maximum absolute atomic E-state index is 5.27. The molecule has 0 saturated carbocycles. The van der Waals surface area contributed by atoms with E-state index in [2.05, 4.69) is 26.9 Å². The molecule has 15 heavy (non-hydrogen) atoms. The Hall–Kier alpha value is -2.19. The maximum Gasteiger partial charge on any atom is 0.250 e. The van der Waals surface area contributed by atoms with Crippen molar-refractivity contribution in [1.29, 1.82) is 0 Å². The van der Waals surface area contributed by atoms with E-state index < -0.39 is 0 Å². The highest BCUT2D eigenvalue weighted by molar-refractivity contribution is 5.31. The summed E-state index contributed by atoms with van der Waals surface area (Å²) in [5.74, 6) is 6.16. The molecule has 2 aromatic rings. The Bertz CT molecular complexity index is 491. The van der Waals surface area contributed by atoms with Crippen LogP contribution in [-0.2, 0) is 0 Å². The molecule has 2 aromatic heterocycles. The minimum atomic E-state index is 0.340. The van der Waals surface area contributed by atoms with E-state index in [0.717, 1.165) is 5.56 Å². The van der Waals surface area contributed by atoms with Crippen molar-refractivity contribution in [2.75, 3.05) is 6.54 Å². The van der Waals surface area contributed by atoms with Crippen molar-refractivity contribution in [3.63, 3.8) is 0 Å². The summed E-state index contributed by atoms with van der Waals surface area (Å²) >= 11 is 0. The first-order chi connectivity index (χ1) is 7.40. The van der Waals surface area contributed by atoms with Crippen molar-refractivity contribution in [1.82, 2.24) is 19.7 Å². The molecule has 2 N–H and O–H groups in total. The van der Waals surface area contributed by atoms with E-state index in [9.17, 15) is 0 Å². The van der Waals surface area contributed by atoms with Crippen LogP contribution in [0.5, 0.6) is 0 Å². The zero-order valence-corrected chi connectivity index (χ0v) is 7.96. The predicted molar refractivity (Wildman–Crippen MR) is 55.1 cm³/mol. The zero-order chi connectivity index (χ0) is 10.5. The first-order valence-electron chi connectivity index (χ1n) is 4.41. The lowest BCUT2D eigenvalue weighted by molar-refractivity contribution is 0.808. The van der Waals surface area contributed by atoms with Gasteiger partial charge in [-0.25, -0.2) is 14.6 Å². The number of rotatable bonds is 1. The standard InChI is InChI=1S/C10H9N5/c11-4-1-3-9-7-14-15(8-9)10-12-5-2-6-13-10/h2,5-8H,4,11H2. The number of aromatic nitrogens is 4. The molecule has 0 spiro atoms. The van der Waals surface area contributed by atoms with Crippen molar-refractivity contribution in [2.24, 2.45) is 5.73 Å². The van der Waals surface area contributed by atoms with Crippen molar-refractivity contribution in [2.45, 2.75) is 0 Å². The van der Waals surface area contributed by atoms with Crippen LogP contribution in [-0.4, -0.2) is 26.3 Å². The molecule has 0 aliphatic carbocycles. The summed E-state index contributed by atoms with van der Waals surface area (Å²) < 4.78 is 1.57. The molecule has 0 fully saturated rings. The minimum Gasteiger partial charge on any atom is -0.320 e. The summed E-state index contributed by atoms with van der Waals surface area (Å²) in [6.07, 6.45) is 6.74. The maximum atomic E-state index is 5.27. The Morgan fingerprint density at radius 2 is 2.13 bits per heavy atom. The van der Waals surface area contributed by atoms with Gasteiger partial charge in [-0.2, -0.15) is 5.10 Å². The third kappa shape index (κ3) is 2.18. The van der Waals surface area contributed by atoms with Gasteiger partial charge in [0.25, 0.3) is 0 Å². The van der Waals surface area contributed by atoms with Crippen LogP contribution in [0.1, 0.15) is 5.56 Å². The van der Waals surface area contributed by atoms with E-state index in [4.69, 9.17) is 5.73 Å². The molecule has 0 unspecified atom stereocenters. The van der Waals surface area contributed by atoms with E-state index in [1.165, 1.54) is 0 Å². The predicted octanol–water partition coefficient (Wildman–Crippen LogP) is -0.0275. The second kappa shape index (κ2) is 4.35. The lowest BCUT2D eigenvalue weighted by atomic mass is 10.4. The fourth-order valence-corrected chi connectivity index (χ4v) is 1.06. The van der Waals surface area contributed by atoms with Crippen molar-refractivity contribution in [3.8, 4) is 17.8 Å². The van der Waals surface area contributed by atoms with Crippen LogP contribution in [0.3, 0.4) is 0 Å². The monoisotopic (exact) mass is 199 g/mol.